The highest BCUT2D eigenvalue weighted by molar-refractivity contribution is 7.99. The molecule has 0 unspecified atom stereocenters. The van der Waals surface area contributed by atoms with Crippen molar-refractivity contribution < 1.29 is 4.79 Å². The van der Waals surface area contributed by atoms with Gasteiger partial charge in [-0.05, 0) is 50.6 Å². The minimum absolute atomic E-state index is 0.0907. The van der Waals surface area contributed by atoms with Crippen LogP contribution in [0.3, 0.4) is 0 Å². The van der Waals surface area contributed by atoms with Crippen molar-refractivity contribution in [3.63, 3.8) is 0 Å². The minimum atomic E-state index is -0.0907. The van der Waals surface area contributed by atoms with Crippen LogP contribution in [0.1, 0.15) is 17.4 Å². The van der Waals surface area contributed by atoms with E-state index in [1.165, 1.54) is 22.2 Å². The molecule has 2 aromatic heterocycles. The fraction of sp³-hybridized carbons (Fsp3) is 0.278. The molecule has 0 aliphatic rings. The summed E-state index contributed by atoms with van der Waals surface area (Å²) in [6.07, 6.45) is 0. The van der Waals surface area contributed by atoms with Gasteiger partial charge in [0.15, 0.2) is 11.0 Å². The first-order valence-electron chi connectivity index (χ1n) is 8.16. The Hall–Kier alpha value is -1.83. The third-order valence-electron chi connectivity index (χ3n) is 4.02. The molecule has 1 aromatic carbocycles. The Morgan fingerprint density at radius 2 is 2.00 bits per heavy atom. The Kier molecular flexibility index (Phi) is 6.01. The number of carbonyl (C=O) groups is 1. The van der Waals surface area contributed by atoms with E-state index in [1.54, 1.807) is 35.6 Å². The molecule has 0 saturated heterocycles. The Bertz CT molecular complexity index is 918. The van der Waals surface area contributed by atoms with E-state index in [0.717, 1.165) is 28.8 Å². The van der Waals surface area contributed by atoms with E-state index in [4.69, 9.17) is 11.6 Å². The number of benzene rings is 1. The van der Waals surface area contributed by atoms with Gasteiger partial charge in [0.1, 0.15) is 0 Å². The van der Waals surface area contributed by atoms with Crippen LogP contribution in [0.2, 0.25) is 5.02 Å². The van der Waals surface area contributed by atoms with E-state index < -0.39 is 0 Å². The number of hydrogen-bond acceptors (Lipinski definition) is 5. The number of halogens is 1. The number of nitrogens with one attached hydrogen (secondary N) is 1. The molecule has 26 heavy (non-hydrogen) atoms. The van der Waals surface area contributed by atoms with Gasteiger partial charge in [0.2, 0.25) is 5.91 Å². The van der Waals surface area contributed by atoms with E-state index in [0.29, 0.717) is 5.02 Å². The molecule has 0 aliphatic carbocycles. The first kappa shape index (κ1) is 18.9. The minimum Gasteiger partial charge on any atom is -0.325 e. The topological polar surface area (TPSA) is 59.8 Å². The van der Waals surface area contributed by atoms with Crippen LogP contribution in [0.4, 0.5) is 5.69 Å². The third-order valence-corrected chi connectivity index (χ3v) is 6.25. The van der Waals surface area contributed by atoms with Gasteiger partial charge in [-0.3, -0.25) is 4.79 Å². The summed E-state index contributed by atoms with van der Waals surface area (Å²) in [5.74, 6) is 1.03. The van der Waals surface area contributed by atoms with Crippen LogP contribution in [0.5, 0.6) is 0 Å². The lowest BCUT2D eigenvalue weighted by molar-refractivity contribution is -0.113. The highest BCUT2D eigenvalue weighted by Gasteiger charge is 2.17. The zero-order valence-electron chi connectivity index (χ0n) is 14.7. The summed E-state index contributed by atoms with van der Waals surface area (Å²) in [6.45, 7) is 7.01. The van der Waals surface area contributed by atoms with E-state index in [1.807, 2.05) is 0 Å². The molecule has 0 aliphatic heterocycles. The first-order valence-corrected chi connectivity index (χ1v) is 10.4. The molecule has 0 atom stereocenters. The molecule has 0 fully saturated rings. The van der Waals surface area contributed by atoms with Crippen LogP contribution in [0.25, 0.3) is 11.4 Å². The smallest absolute Gasteiger partial charge is 0.234 e. The van der Waals surface area contributed by atoms with E-state index in [9.17, 15) is 4.79 Å². The number of carbonyl (C=O) groups excluding carboxylic acids is 1. The van der Waals surface area contributed by atoms with E-state index in [2.05, 4.69) is 46.2 Å². The number of hydrogen-bond donors (Lipinski definition) is 1. The third kappa shape index (κ3) is 4.11. The average Bonchev–Trinajstić information content (AvgIpc) is 3.18. The predicted octanol–water partition coefficient (Wildman–Crippen LogP) is 5.03. The van der Waals surface area contributed by atoms with Crippen LogP contribution in [0.15, 0.2) is 34.8 Å². The summed E-state index contributed by atoms with van der Waals surface area (Å²) in [7, 11) is 0. The molecule has 2 heterocycles. The number of rotatable bonds is 6. The molecule has 8 heteroatoms. The maximum atomic E-state index is 12.2. The maximum absolute atomic E-state index is 12.2. The second-order valence-corrected chi connectivity index (χ2v) is 8.19. The zero-order valence-corrected chi connectivity index (χ0v) is 17.1. The van der Waals surface area contributed by atoms with Crippen molar-refractivity contribution in [1.29, 1.82) is 0 Å². The van der Waals surface area contributed by atoms with Crippen LogP contribution >= 0.6 is 34.7 Å². The van der Waals surface area contributed by atoms with Crippen molar-refractivity contribution in [3.05, 3.63) is 45.1 Å². The van der Waals surface area contributed by atoms with Crippen molar-refractivity contribution in [3.8, 4) is 11.4 Å². The van der Waals surface area contributed by atoms with Crippen molar-refractivity contribution in [2.45, 2.75) is 32.5 Å². The molecule has 0 radical (unpaired) electrons. The quantitative estimate of drug-likeness (QED) is 0.583. The molecular formula is C18H19ClN4OS2. The molecule has 3 rings (SSSR count). The second kappa shape index (κ2) is 8.24. The molecule has 1 N–H and O–H groups in total. The number of nitrogens with zero attached hydrogens (tertiary/aromatic N) is 3. The number of thioether (sulfide) groups is 1. The average molecular weight is 407 g/mol. The number of anilines is 1. The van der Waals surface area contributed by atoms with Crippen LogP contribution in [0, 0.1) is 13.8 Å². The molecule has 1 amide bonds. The number of amides is 1. The number of aryl methyl sites for hydroxylation is 1. The molecule has 0 spiro atoms. The summed E-state index contributed by atoms with van der Waals surface area (Å²) in [6, 6.07) is 7.05. The predicted molar refractivity (Wildman–Crippen MR) is 109 cm³/mol. The van der Waals surface area contributed by atoms with Crippen molar-refractivity contribution in [2.75, 3.05) is 11.1 Å². The fourth-order valence-electron chi connectivity index (χ4n) is 2.47. The van der Waals surface area contributed by atoms with E-state index in [-0.39, 0.29) is 11.7 Å². The summed E-state index contributed by atoms with van der Waals surface area (Å²) in [5.41, 5.74) is 3.07. The number of aromatic nitrogens is 3. The molecule has 3 aromatic rings. The Labute approximate surface area is 165 Å². The summed E-state index contributed by atoms with van der Waals surface area (Å²) >= 11 is 8.95. The summed E-state index contributed by atoms with van der Waals surface area (Å²) < 4.78 is 2.05. The van der Waals surface area contributed by atoms with Gasteiger partial charge >= 0.3 is 0 Å². The maximum Gasteiger partial charge on any atom is 0.234 e. The van der Waals surface area contributed by atoms with Crippen molar-refractivity contribution in [2.24, 2.45) is 0 Å². The van der Waals surface area contributed by atoms with E-state index >= 15 is 0 Å². The van der Waals surface area contributed by atoms with Crippen LogP contribution in [-0.2, 0) is 11.3 Å². The lowest BCUT2D eigenvalue weighted by Crippen LogP contribution is -2.14. The second-order valence-electron chi connectivity index (χ2n) is 5.72. The SMILES string of the molecule is CCn1c(SCC(=O)Nc2ccc(Cl)cc2)nnc1-c1csc(C)c1C. The van der Waals surface area contributed by atoms with Crippen LogP contribution < -0.4 is 5.32 Å². The lowest BCUT2D eigenvalue weighted by Gasteiger charge is -2.08. The van der Waals surface area contributed by atoms with Gasteiger partial charge in [0.05, 0.1) is 5.75 Å². The molecule has 0 saturated carbocycles. The highest BCUT2D eigenvalue weighted by atomic mass is 35.5. The van der Waals surface area contributed by atoms with Gasteiger partial charge in [-0.25, -0.2) is 0 Å². The fourth-order valence-corrected chi connectivity index (χ4v) is 4.27. The standard InChI is InChI=1S/C18H19ClN4OS2/c1-4-23-17(15-9-25-12(3)11(15)2)21-22-18(23)26-10-16(24)20-14-7-5-13(19)6-8-14/h5-9H,4,10H2,1-3H3,(H,20,24). The van der Waals surface area contributed by atoms with Gasteiger partial charge in [-0.1, -0.05) is 23.4 Å². The normalized spacial score (nSPS) is 10.9. The monoisotopic (exact) mass is 406 g/mol. The summed E-state index contributed by atoms with van der Waals surface area (Å²) in [4.78, 5) is 13.5. The van der Waals surface area contributed by atoms with Gasteiger partial charge in [-0.2, -0.15) is 0 Å². The van der Waals surface area contributed by atoms with Gasteiger partial charge in [0.25, 0.3) is 0 Å². The Morgan fingerprint density at radius 1 is 1.27 bits per heavy atom. The highest BCUT2D eigenvalue weighted by Crippen LogP contribution is 2.31. The molecule has 5 nitrogen and oxygen atoms in total. The number of thiophene rings is 1. The molecular weight excluding hydrogens is 388 g/mol. The summed E-state index contributed by atoms with van der Waals surface area (Å²) in [5, 5.41) is 15.0. The lowest BCUT2D eigenvalue weighted by atomic mass is 10.1. The molecule has 0 bridgehead atoms. The first-order chi connectivity index (χ1) is 12.5. The van der Waals surface area contributed by atoms with Gasteiger partial charge < -0.3 is 9.88 Å². The van der Waals surface area contributed by atoms with Crippen molar-refractivity contribution >= 4 is 46.3 Å². The largest absolute Gasteiger partial charge is 0.325 e. The van der Waals surface area contributed by atoms with Gasteiger partial charge in [0, 0.05) is 33.1 Å². The Morgan fingerprint density at radius 3 is 2.62 bits per heavy atom. The van der Waals surface area contributed by atoms with Gasteiger partial charge in [-0.15, -0.1) is 21.5 Å². The van der Waals surface area contributed by atoms with Crippen molar-refractivity contribution in [1.82, 2.24) is 14.8 Å². The Balaban J connectivity index is 1.69. The zero-order chi connectivity index (χ0) is 18.7. The molecule has 136 valence electrons. The van der Waals surface area contributed by atoms with Crippen LogP contribution in [-0.4, -0.2) is 26.4 Å².